The Morgan fingerprint density at radius 3 is 2.71 bits per heavy atom. The van der Waals surface area contributed by atoms with Crippen LogP contribution >= 0.6 is 27.5 Å². The smallest absolute Gasteiger partial charge is 0.253 e. The predicted molar refractivity (Wildman–Crippen MR) is 90.6 cm³/mol. The summed E-state index contributed by atoms with van der Waals surface area (Å²) in [6.45, 7) is 1.94. The molecular weight excluding hydrogens is 352 g/mol. The van der Waals surface area contributed by atoms with Gasteiger partial charge < -0.3 is 11.1 Å². The highest BCUT2D eigenvalue weighted by atomic mass is 79.9. The molecule has 0 fully saturated rings. The van der Waals surface area contributed by atoms with Crippen molar-refractivity contribution in [2.24, 2.45) is 0 Å². The standard InChI is InChI=1S/C16H16BrClN2O/c1-10(8-11-4-2-3-5-14(11)18)20-16(21)13-7-6-12(17)9-15(13)19/h2-7,9-10H,8,19H2,1H3,(H,20,21). The van der Waals surface area contributed by atoms with Crippen LogP contribution in [0.4, 0.5) is 5.69 Å². The molecule has 5 heteroatoms. The Bertz CT molecular complexity index is 660. The maximum Gasteiger partial charge on any atom is 0.253 e. The second-order valence-corrected chi connectivity index (χ2v) is 6.22. The lowest BCUT2D eigenvalue weighted by Gasteiger charge is -2.15. The fourth-order valence-corrected chi connectivity index (χ4v) is 2.68. The monoisotopic (exact) mass is 366 g/mol. The SMILES string of the molecule is CC(Cc1ccccc1Cl)NC(=O)c1ccc(Br)cc1N. The lowest BCUT2D eigenvalue weighted by atomic mass is 10.1. The minimum absolute atomic E-state index is 0.0413. The minimum Gasteiger partial charge on any atom is -0.398 e. The largest absolute Gasteiger partial charge is 0.398 e. The molecular formula is C16H16BrClN2O. The number of hydrogen-bond acceptors (Lipinski definition) is 2. The molecule has 21 heavy (non-hydrogen) atoms. The van der Waals surface area contributed by atoms with Gasteiger partial charge in [-0.05, 0) is 43.2 Å². The average molecular weight is 368 g/mol. The van der Waals surface area contributed by atoms with Crippen LogP contribution in [0, 0.1) is 0 Å². The number of carbonyl (C=O) groups is 1. The maximum atomic E-state index is 12.2. The van der Waals surface area contributed by atoms with Crippen LogP contribution < -0.4 is 11.1 Å². The van der Waals surface area contributed by atoms with Crippen molar-refractivity contribution in [3.05, 3.63) is 63.1 Å². The van der Waals surface area contributed by atoms with E-state index in [1.165, 1.54) is 0 Å². The van der Waals surface area contributed by atoms with Gasteiger partial charge >= 0.3 is 0 Å². The third-order valence-corrected chi connectivity index (χ3v) is 3.98. The van der Waals surface area contributed by atoms with Crippen molar-refractivity contribution in [3.8, 4) is 0 Å². The lowest BCUT2D eigenvalue weighted by Crippen LogP contribution is -2.34. The van der Waals surface area contributed by atoms with Crippen molar-refractivity contribution in [2.75, 3.05) is 5.73 Å². The number of nitrogens with two attached hydrogens (primary N) is 1. The van der Waals surface area contributed by atoms with Crippen LogP contribution in [-0.4, -0.2) is 11.9 Å². The van der Waals surface area contributed by atoms with Crippen LogP contribution in [0.25, 0.3) is 0 Å². The maximum absolute atomic E-state index is 12.2. The number of nitrogens with one attached hydrogen (secondary N) is 1. The first kappa shape index (κ1) is 15.9. The zero-order valence-corrected chi connectivity index (χ0v) is 13.9. The van der Waals surface area contributed by atoms with Crippen LogP contribution in [0.5, 0.6) is 0 Å². The molecule has 0 aliphatic carbocycles. The molecule has 0 saturated heterocycles. The molecule has 0 aromatic heterocycles. The second kappa shape index (κ2) is 6.96. The first-order valence-corrected chi connectivity index (χ1v) is 7.73. The molecule has 3 nitrogen and oxygen atoms in total. The molecule has 0 spiro atoms. The van der Waals surface area contributed by atoms with E-state index in [4.69, 9.17) is 17.3 Å². The molecule has 2 rings (SSSR count). The highest BCUT2D eigenvalue weighted by Crippen LogP contribution is 2.19. The Hall–Kier alpha value is -1.52. The van der Waals surface area contributed by atoms with Gasteiger partial charge in [0.05, 0.1) is 5.56 Å². The highest BCUT2D eigenvalue weighted by molar-refractivity contribution is 9.10. The molecule has 0 aliphatic heterocycles. The number of rotatable bonds is 4. The zero-order valence-electron chi connectivity index (χ0n) is 11.6. The van der Waals surface area contributed by atoms with Gasteiger partial charge in [-0.2, -0.15) is 0 Å². The first-order valence-electron chi connectivity index (χ1n) is 6.56. The van der Waals surface area contributed by atoms with E-state index in [1.54, 1.807) is 18.2 Å². The molecule has 2 aromatic carbocycles. The van der Waals surface area contributed by atoms with Gasteiger partial charge in [-0.25, -0.2) is 0 Å². The number of carbonyl (C=O) groups excluding carboxylic acids is 1. The number of halogens is 2. The van der Waals surface area contributed by atoms with E-state index in [2.05, 4.69) is 21.2 Å². The van der Waals surface area contributed by atoms with Gasteiger partial charge in [0, 0.05) is 21.2 Å². The Morgan fingerprint density at radius 2 is 2.05 bits per heavy atom. The molecule has 1 unspecified atom stereocenters. The highest BCUT2D eigenvalue weighted by Gasteiger charge is 2.14. The second-order valence-electron chi connectivity index (χ2n) is 4.90. The quantitative estimate of drug-likeness (QED) is 0.801. The minimum atomic E-state index is -0.181. The van der Waals surface area contributed by atoms with Gasteiger partial charge in [-0.3, -0.25) is 4.79 Å². The number of amides is 1. The van der Waals surface area contributed by atoms with Crippen molar-refractivity contribution in [1.29, 1.82) is 0 Å². The molecule has 3 N–H and O–H groups in total. The summed E-state index contributed by atoms with van der Waals surface area (Å²) in [5, 5.41) is 3.65. The van der Waals surface area contributed by atoms with Crippen molar-refractivity contribution in [2.45, 2.75) is 19.4 Å². The summed E-state index contributed by atoms with van der Waals surface area (Å²) in [4.78, 5) is 12.2. The summed E-state index contributed by atoms with van der Waals surface area (Å²) < 4.78 is 0.848. The van der Waals surface area contributed by atoms with E-state index in [0.29, 0.717) is 22.7 Å². The molecule has 0 aliphatic rings. The Balaban J connectivity index is 2.04. The number of nitrogen functional groups attached to an aromatic ring is 1. The summed E-state index contributed by atoms with van der Waals surface area (Å²) in [5.74, 6) is -0.181. The van der Waals surface area contributed by atoms with Crippen LogP contribution in [0.2, 0.25) is 5.02 Å². The Kier molecular flexibility index (Phi) is 5.26. The van der Waals surface area contributed by atoms with Crippen LogP contribution in [-0.2, 0) is 6.42 Å². The van der Waals surface area contributed by atoms with E-state index in [0.717, 1.165) is 10.0 Å². The normalized spacial score (nSPS) is 12.0. The van der Waals surface area contributed by atoms with Crippen LogP contribution in [0.15, 0.2) is 46.9 Å². The van der Waals surface area contributed by atoms with Crippen LogP contribution in [0.3, 0.4) is 0 Å². The van der Waals surface area contributed by atoms with E-state index in [-0.39, 0.29) is 11.9 Å². The summed E-state index contributed by atoms with van der Waals surface area (Å²) >= 11 is 9.45. The van der Waals surface area contributed by atoms with Crippen molar-refractivity contribution in [1.82, 2.24) is 5.32 Å². The van der Waals surface area contributed by atoms with Gasteiger partial charge in [0.2, 0.25) is 0 Å². The topological polar surface area (TPSA) is 55.1 Å². The molecule has 2 aromatic rings. The molecule has 0 saturated carbocycles. The van der Waals surface area contributed by atoms with E-state index in [1.807, 2.05) is 31.2 Å². The third kappa shape index (κ3) is 4.22. The molecule has 0 bridgehead atoms. The zero-order chi connectivity index (χ0) is 15.4. The van der Waals surface area contributed by atoms with Crippen molar-refractivity contribution >= 4 is 39.1 Å². The number of hydrogen-bond donors (Lipinski definition) is 2. The molecule has 110 valence electrons. The van der Waals surface area contributed by atoms with E-state index in [9.17, 15) is 4.79 Å². The van der Waals surface area contributed by atoms with Crippen LogP contribution in [0.1, 0.15) is 22.8 Å². The summed E-state index contributed by atoms with van der Waals surface area (Å²) in [5.41, 5.74) is 7.80. The predicted octanol–water partition coefficient (Wildman–Crippen LogP) is 4.05. The van der Waals surface area contributed by atoms with Gasteiger partial charge in [-0.15, -0.1) is 0 Å². The number of anilines is 1. The Morgan fingerprint density at radius 1 is 1.33 bits per heavy atom. The third-order valence-electron chi connectivity index (χ3n) is 3.12. The fraction of sp³-hybridized carbons (Fsp3) is 0.188. The van der Waals surface area contributed by atoms with Gasteiger partial charge in [-0.1, -0.05) is 45.7 Å². The summed E-state index contributed by atoms with van der Waals surface area (Å²) in [7, 11) is 0. The molecule has 1 amide bonds. The average Bonchev–Trinajstić information content (AvgIpc) is 2.41. The van der Waals surface area contributed by atoms with Gasteiger partial charge in [0.1, 0.15) is 0 Å². The van der Waals surface area contributed by atoms with E-state index >= 15 is 0 Å². The number of benzene rings is 2. The summed E-state index contributed by atoms with van der Waals surface area (Å²) in [6, 6.07) is 12.8. The van der Waals surface area contributed by atoms with Gasteiger partial charge in [0.25, 0.3) is 5.91 Å². The van der Waals surface area contributed by atoms with Crippen molar-refractivity contribution in [3.63, 3.8) is 0 Å². The molecule has 1 atom stereocenters. The first-order chi connectivity index (χ1) is 9.97. The van der Waals surface area contributed by atoms with Crippen molar-refractivity contribution < 1.29 is 4.79 Å². The molecule has 0 heterocycles. The Labute approximate surface area is 137 Å². The fourth-order valence-electron chi connectivity index (χ4n) is 2.09. The molecule has 0 radical (unpaired) electrons. The lowest BCUT2D eigenvalue weighted by molar-refractivity contribution is 0.0941. The van der Waals surface area contributed by atoms with E-state index < -0.39 is 0 Å². The van der Waals surface area contributed by atoms with Gasteiger partial charge in [0.15, 0.2) is 0 Å². The summed E-state index contributed by atoms with van der Waals surface area (Å²) in [6.07, 6.45) is 0.668.